The number of carbonyl (C=O) groups excluding carboxylic acids is 1. The number of ether oxygens (including phenoxy) is 1. The van der Waals surface area contributed by atoms with E-state index in [1.54, 1.807) is 0 Å². The zero-order valence-electron chi connectivity index (χ0n) is 10.6. The molecule has 0 amide bonds. The van der Waals surface area contributed by atoms with E-state index in [9.17, 15) is 14.8 Å². The van der Waals surface area contributed by atoms with Crippen LogP contribution in [0.25, 0.3) is 0 Å². The molecule has 1 rings (SSSR count). The van der Waals surface area contributed by atoms with E-state index in [1.165, 1.54) is 18.2 Å². The van der Waals surface area contributed by atoms with Crippen molar-refractivity contribution in [2.24, 2.45) is 0 Å². The Bertz CT molecular complexity index is 440. The van der Waals surface area contributed by atoms with Gasteiger partial charge in [-0.3, -0.25) is 4.79 Å². The van der Waals surface area contributed by atoms with Gasteiger partial charge in [-0.1, -0.05) is 17.7 Å². The molecule has 0 heterocycles. The summed E-state index contributed by atoms with van der Waals surface area (Å²) < 4.78 is 5.36. The maximum atomic E-state index is 11.9. The van der Waals surface area contributed by atoms with Crippen LogP contribution >= 0.6 is 11.6 Å². The van der Waals surface area contributed by atoms with Gasteiger partial charge in [-0.2, -0.15) is 0 Å². The number of ketones is 1. The van der Waals surface area contributed by atoms with E-state index >= 15 is 0 Å². The van der Waals surface area contributed by atoms with Crippen LogP contribution in [0.5, 0.6) is 0 Å². The van der Waals surface area contributed by atoms with Gasteiger partial charge in [0, 0.05) is 10.6 Å². The standard InChI is InChI=1S/C12H16BClO4/c1-12(2,3)18-7-11(15)9-5-4-8(14)6-10(9)13(16)17/h4-6,16-17H,7H2,1-3H3. The summed E-state index contributed by atoms with van der Waals surface area (Å²) in [5.41, 5.74) is -0.135. The Morgan fingerprint density at radius 1 is 1.39 bits per heavy atom. The molecule has 0 unspecified atom stereocenters. The Hall–Kier alpha value is -0.875. The molecule has 0 bridgehead atoms. The monoisotopic (exact) mass is 270 g/mol. The molecular formula is C12H16BClO4. The lowest BCUT2D eigenvalue weighted by Gasteiger charge is -2.19. The van der Waals surface area contributed by atoms with Crippen molar-refractivity contribution in [2.45, 2.75) is 26.4 Å². The van der Waals surface area contributed by atoms with Crippen molar-refractivity contribution in [3.63, 3.8) is 0 Å². The zero-order valence-corrected chi connectivity index (χ0v) is 11.4. The third-order valence-electron chi connectivity index (χ3n) is 2.23. The molecule has 0 saturated heterocycles. The quantitative estimate of drug-likeness (QED) is 0.633. The second kappa shape index (κ2) is 5.84. The molecule has 0 aliphatic rings. The molecule has 0 saturated carbocycles. The van der Waals surface area contributed by atoms with Crippen LogP contribution in [0.15, 0.2) is 18.2 Å². The van der Waals surface area contributed by atoms with Gasteiger partial charge in [0.05, 0.1) is 5.60 Å². The van der Waals surface area contributed by atoms with Gasteiger partial charge >= 0.3 is 7.12 Å². The van der Waals surface area contributed by atoms with Gasteiger partial charge in [-0.25, -0.2) is 0 Å². The Labute approximate surface area is 112 Å². The van der Waals surface area contributed by atoms with Gasteiger partial charge in [0.2, 0.25) is 0 Å². The maximum Gasteiger partial charge on any atom is 0.489 e. The summed E-state index contributed by atoms with van der Waals surface area (Å²) in [5.74, 6) is -0.315. The molecule has 2 N–H and O–H groups in total. The molecule has 0 spiro atoms. The lowest BCUT2D eigenvalue weighted by atomic mass is 9.76. The molecule has 0 atom stereocenters. The fourth-order valence-corrected chi connectivity index (χ4v) is 1.54. The van der Waals surface area contributed by atoms with E-state index < -0.39 is 12.7 Å². The van der Waals surface area contributed by atoms with Crippen molar-refractivity contribution in [1.29, 1.82) is 0 Å². The van der Waals surface area contributed by atoms with Crippen LogP contribution < -0.4 is 5.46 Å². The van der Waals surface area contributed by atoms with Crippen LogP contribution in [-0.2, 0) is 4.74 Å². The third-order valence-corrected chi connectivity index (χ3v) is 2.46. The number of carbonyl (C=O) groups is 1. The molecule has 4 nitrogen and oxygen atoms in total. The van der Waals surface area contributed by atoms with Crippen LogP contribution in [-0.4, -0.2) is 35.2 Å². The van der Waals surface area contributed by atoms with Gasteiger partial charge in [0.1, 0.15) is 6.61 Å². The van der Waals surface area contributed by atoms with Crippen LogP contribution in [0.2, 0.25) is 5.02 Å². The van der Waals surface area contributed by atoms with E-state index in [1.807, 2.05) is 20.8 Å². The lowest BCUT2D eigenvalue weighted by molar-refractivity contribution is 0.00310. The van der Waals surface area contributed by atoms with E-state index in [0.717, 1.165) is 0 Å². The van der Waals surface area contributed by atoms with E-state index in [2.05, 4.69) is 0 Å². The van der Waals surface area contributed by atoms with Crippen LogP contribution in [0.3, 0.4) is 0 Å². The molecule has 0 radical (unpaired) electrons. The van der Waals surface area contributed by atoms with Crippen LogP contribution in [0.1, 0.15) is 31.1 Å². The van der Waals surface area contributed by atoms with Crippen molar-refractivity contribution in [3.05, 3.63) is 28.8 Å². The topological polar surface area (TPSA) is 66.8 Å². The Kier molecular flexibility index (Phi) is 4.93. The van der Waals surface area contributed by atoms with Gasteiger partial charge in [0.25, 0.3) is 0 Å². The second-order valence-corrected chi connectivity index (χ2v) is 5.37. The van der Waals surface area contributed by atoms with E-state index in [0.29, 0.717) is 5.02 Å². The molecule has 18 heavy (non-hydrogen) atoms. The van der Waals surface area contributed by atoms with E-state index in [-0.39, 0.29) is 23.4 Å². The number of Topliss-reactive ketones (excluding diaryl/α,β-unsaturated/α-hetero) is 1. The molecule has 98 valence electrons. The highest BCUT2D eigenvalue weighted by molar-refractivity contribution is 6.60. The third kappa shape index (κ3) is 4.42. The highest BCUT2D eigenvalue weighted by Crippen LogP contribution is 2.11. The van der Waals surface area contributed by atoms with Crippen molar-refractivity contribution < 1.29 is 19.6 Å². The highest BCUT2D eigenvalue weighted by atomic mass is 35.5. The average Bonchev–Trinajstić information content (AvgIpc) is 2.24. The first-order valence-corrected chi connectivity index (χ1v) is 5.91. The molecule has 0 fully saturated rings. The van der Waals surface area contributed by atoms with E-state index in [4.69, 9.17) is 16.3 Å². The Morgan fingerprint density at radius 2 is 2.00 bits per heavy atom. The number of halogens is 1. The lowest BCUT2D eigenvalue weighted by Crippen LogP contribution is -2.36. The normalized spacial score (nSPS) is 11.4. The van der Waals surface area contributed by atoms with Crippen LogP contribution in [0.4, 0.5) is 0 Å². The first kappa shape index (κ1) is 15.2. The van der Waals surface area contributed by atoms with Gasteiger partial charge < -0.3 is 14.8 Å². The molecular weight excluding hydrogens is 254 g/mol. The first-order chi connectivity index (χ1) is 8.20. The number of rotatable bonds is 4. The van der Waals surface area contributed by atoms with Gasteiger partial charge in [0.15, 0.2) is 5.78 Å². The summed E-state index contributed by atoms with van der Waals surface area (Å²) in [7, 11) is -1.74. The maximum absolute atomic E-state index is 11.9. The summed E-state index contributed by atoms with van der Waals surface area (Å²) in [4.78, 5) is 11.9. The number of hydrogen-bond donors (Lipinski definition) is 2. The largest absolute Gasteiger partial charge is 0.489 e. The number of hydrogen-bond acceptors (Lipinski definition) is 4. The van der Waals surface area contributed by atoms with Crippen molar-refractivity contribution in [1.82, 2.24) is 0 Å². The minimum atomic E-state index is -1.74. The molecule has 1 aromatic rings. The fourth-order valence-electron chi connectivity index (χ4n) is 1.36. The molecule has 0 aromatic heterocycles. The average molecular weight is 271 g/mol. The molecule has 0 aliphatic heterocycles. The van der Waals surface area contributed by atoms with Gasteiger partial charge in [-0.05, 0) is 38.4 Å². The fraction of sp³-hybridized carbons (Fsp3) is 0.417. The molecule has 0 aliphatic carbocycles. The second-order valence-electron chi connectivity index (χ2n) is 4.93. The molecule has 1 aromatic carbocycles. The number of benzene rings is 1. The minimum Gasteiger partial charge on any atom is -0.423 e. The summed E-state index contributed by atoms with van der Waals surface area (Å²) in [6, 6.07) is 4.35. The minimum absolute atomic E-state index is 0.0880. The zero-order chi connectivity index (χ0) is 13.9. The smallest absolute Gasteiger partial charge is 0.423 e. The van der Waals surface area contributed by atoms with Crippen molar-refractivity contribution in [3.8, 4) is 0 Å². The first-order valence-electron chi connectivity index (χ1n) is 5.53. The Balaban J connectivity index is 2.92. The predicted molar refractivity (Wildman–Crippen MR) is 71.3 cm³/mol. The summed E-state index contributed by atoms with van der Waals surface area (Å²) in [6.07, 6.45) is 0. The molecule has 6 heteroatoms. The van der Waals surface area contributed by atoms with Crippen molar-refractivity contribution in [2.75, 3.05) is 6.61 Å². The van der Waals surface area contributed by atoms with Crippen LogP contribution in [0, 0.1) is 0 Å². The highest BCUT2D eigenvalue weighted by Gasteiger charge is 2.22. The SMILES string of the molecule is CC(C)(C)OCC(=O)c1ccc(Cl)cc1B(O)O. The summed E-state index contributed by atoms with van der Waals surface area (Å²) >= 11 is 5.75. The predicted octanol–water partition coefficient (Wildman–Crippen LogP) is 1.02. The van der Waals surface area contributed by atoms with Gasteiger partial charge in [-0.15, -0.1) is 0 Å². The van der Waals surface area contributed by atoms with Crippen molar-refractivity contribution >= 4 is 30.0 Å². The summed E-state index contributed by atoms with van der Waals surface area (Å²) in [6.45, 7) is 5.39. The summed E-state index contributed by atoms with van der Waals surface area (Å²) in [5, 5.41) is 18.8. The Morgan fingerprint density at radius 3 is 2.50 bits per heavy atom.